The molecule has 0 fully saturated rings. The molecule has 4 aromatic rings. The summed E-state index contributed by atoms with van der Waals surface area (Å²) in [4.78, 5) is 25.8. The van der Waals surface area contributed by atoms with Gasteiger partial charge in [-0.2, -0.15) is 5.10 Å². The zero-order valence-corrected chi connectivity index (χ0v) is 19.6. The summed E-state index contributed by atoms with van der Waals surface area (Å²) in [5.41, 5.74) is -0.0827. The number of fused-ring (bicyclic) bond motifs is 1. The quantitative estimate of drug-likeness (QED) is 0.211. The highest BCUT2D eigenvalue weighted by atomic mass is 32.2. The summed E-state index contributed by atoms with van der Waals surface area (Å²) in [6.45, 7) is 1.61. The first-order valence-corrected chi connectivity index (χ1v) is 12.9. The highest BCUT2D eigenvalue weighted by molar-refractivity contribution is 7.98. The average molecular weight is 505 g/mol. The summed E-state index contributed by atoms with van der Waals surface area (Å²) in [6.07, 6.45) is 6.86. The van der Waals surface area contributed by atoms with Gasteiger partial charge in [0.05, 0.1) is 16.7 Å². The van der Waals surface area contributed by atoms with Crippen LogP contribution in [0.2, 0.25) is 0 Å². The van der Waals surface area contributed by atoms with Crippen molar-refractivity contribution in [1.82, 2.24) is 25.1 Å². The maximum absolute atomic E-state index is 15.1. The fraction of sp³-hybridized carbons (Fsp3) is 0.190. The van der Waals surface area contributed by atoms with Crippen LogP contribution >= 0.6 is 11.8 Å². The summed E-state index contributed by atoms with van der Waals surface area (Å²) in [5, 5.41) is 7.46. The second kappa shape index (κ2) is 9.43. The van der Waals surface area contributed by atoms with E-state index < -0.39 is 38.7 Å². The Balaban J connectivity index is 1.75. The van der Waals surface area contributed by atoms with Crippen molar-refractivity contribution < 1.29 is 22.0 Å². The number of H-pyrrole nitrogens is 1. The van der Waals surface area contributed by atoms with Crippen molar-refractivity contribution in [3.05, 3.63) is 59.7 Å². The number of hydrogen-bond donors (Lipinski definition) is 2. The van der Waals surface area contributed by atoms with Gasteiger partial charge in [0.15, 0.2) is 16.6 Å². The molecule has 0 bridgehead atoms. The van der Waals surface area contributed by atoms with Crippen LogP contribution in [0.5, 0.6) is 0 Å². The Morgan fingerprint density at radius 3 is 2.50 bits per heavy atom. The maximum Gasteiger partial charge on any atom is 0.232 e. The molecule has 3 heterocycles. The van der Waals surface area contributed by atoms with Crippen molar-refractivity contribution in [2.24, 2.45) is 0 Å². The van der Waals surface area contributed by atoms with Crippen molar-refractivity contribution >= 4 is 44.3 Å². The third-order valence-corrected chi connectivity index (χ3v) is 6.88. The van der Waals surface area contributed by atoms with Gasteiger partial charge in [-0.1, -0.05) is 18.7 Å². The van der Waals surface area contributed by atoms with E-state index >= 15 is 4.39 Å². The van der Waals surface area contributed by atoms with Crippen LogP contribution in [0.1, 0.15) is 29.4 Å². The Bertz CT molecular complexity index is 1490. The van der Waals surface area contributed by atoms with Crippen molar-refractivity contribution in [3.8, 4) is 11.1 Å². The minimum Gasteiger partial charge on any atom is -0.287 e. The number of benzene rings is 1. The van der Waals surface area contributed by atoms with E-state index in [2.05, 4.69) is 25.1 Å². The van der Waals surface area contributed by atoms with Gasteiger partial charge in [-0.3, -0.25) is 14.6 Å². The maximum atomic E-state index is 15.1. The lowest BCUT2D eigenvalue weighted by Crippen LogP contribution is -2.19. The summed E-state index contributed by atoms with van der Waals surface area (Å²) in [6, 6.07) is 3.39. The second-order valence-corrected chi connectivity index (χ2v) is 9.80. The van der Waals surface area contributed by atoms with Gasteiger partial charge >= 0.3 is 0 Å². The van der Waals surface area contributed by atoms with Crippen LogP contribution in [0, 0.1) is 11.6 Å². The van der Waals surface area contributed by atoms with Crippen molar-refractivity contribution in [2.45, 2.75) is 18.5 Å². The van der Waals surface area contributed by atoms with Gasteiger partial charge in [0.25, 0.3) is 0 Å². The number of halogens is 2. The number of carbonyl (C=O) groups excluding carboxylic acids is 1. The van der Waals surface area contributed by atoms with Crippen LogP contribution in [-0.2, 0) is 10.0 Å². The molecule has 2 N–H and O–H groups in total. The lowest BCUT2D eigenvalue weighted by atomic mass is 10.0. The standard InChI is InChI=1S/C21H18F2N6O3S2/c1-3-6-34(31,32)29-18-15(22)5-4-13(16(18)23)19(30)17-14-7-11(8-24-20(14)28-27-17)12-9-25-21(33-2)26-10-12/h4-5,7-10,29H,3,6H2,1-2H3,(H,24,27,28). The van der Waals surface area contributed by atoms with Crippen LogP contribution in [0.3, 0.4) is 0 Å². The predicted molar refractivity (Wildman–Crippen MR) is 124 cm³/mol. The molecule has 0 saturated heterocycles. The minimum atomic E-state index is -3.99. The molecule has 0 radical (unpaired) electrons. The van der Waals surface area contributed by atoms with Crippen LogP contribution in [0.25, 0.3) is 22.2 Å². The molecule has 0 saturated carbocycles. The molecule has 1 aromatic carbocycles. The Morgan fingerprint density at radius 1 is 1.12 bits per heavy atom. The first-order chi connectivity index (χ1) is 16.2. The largest absolute Gasteiger partial charge is 0.287 e. The average Bonchev–Trinajstić information content (AvgIpc) is 3.25. The van der Waals surface area contributed by atoms with Gasteiger partial charge in [-0.15, -0.1) is 0 Å². The highest BCUT2D eigenvalue weighted by Gasteiger charge is 2.25. The van der Waals surface area contributed by atoms with Crippen molar-refractivity contribution in [2.75, 3.05) is 16.7 Å². The zero-order chi connectivity index (χ0) is 24.5. The molecule has 0 atom stereocenters. The first-order valence-electron chi connectivity index (χ1n) is 9.97. The molecule has 3 aromatic heterocycles. The lowest BCUT2D eigenvalue weighted by molar-refractivity contribution is 0.103. The van der Waals surface area contributed by atoms with Gasteiger partial charge in [0.1, 0.15) is 17.2 Å². The Morgan fingerprint density at radius 2 is 1.82 bits per heavy atom. The van der Waals surface area contributed by atoms with E-state index in [4.69, 9.17) is 0 Å². The van der Waals surface area contributed by atoms with Gasteiger partial charge in [-0.05, 0) is 30.9 Å². The molecule has 176 valence electrons. The van der Waals surface area contributed by atoms with Crippen molar-refractivity contribution in [3.63, 3.8) is 0 Å². The number of hydrogen-bond acceptors (Lipinski definition) is 8. The monoisotopic (exact) mass is 504 g/mol. The fourth-order valence-corrected chi connectivity index (χ4v) is 4.68. The van der Waals surface area contributed by atoms with Crippen LogP contribution in [0.15, 0.2) is 41.9 Å². The summed E-state index contributed by atoms with van der Waals surface area (Å²) >= 11 is 1.39. The van der Waals surface area contributed by atoms with Gasteiger partial charge in [0.2, 0.25) is 15.8 Å². The molecule has 4 rings (SSSR count). The molecule has 34 heavy (non-hydrogen) atoms. The predicted octanol–water partition coefficient (Wildman–Crippen LogP) is 3.80. The van der Waals surface area contributed by atoms with E-state index in [0.717, 1.165) is 12.1 Å². The van der Waals surface area contributed by atoms with E-state index in [9.17, 15) is 17.6 Å². The summed E-state index contributed by atoms with van der Waals surface area (Å²) in [5.74, 6) is -3.67. The topological polar surface area (TPSA) is 131 Å². The number of ketones is 1. The third-order valence-electron chi connectivity index (χ3n) is 4.84. The fourth-order valence-electron chi connectivity index (χ4n) is 3.23. The summed E-state index contributed by atoms with van der Waals surface area (Å²) < 4.78 is 55.3. The lowest BCUT2D eigenvalue weighted by Gasteiger charge is -2.11. The molecule has 0 amide bonds. The summed E-state index contributed by atoms with van der Waals surface area (Å²) in [7, 11) is -3.99. The van der Waals surface area contributed by atoms with E-state index in [0.29, 0.717) is 21.7 Å². The van der Waals surface area contributed by atoms with Crippen molar-refractivity contribution in [1.29, 1.82) is 0 Å². The number of anilines is 1. The first kappa shape index (κ1) is 23.7. The van der Waals surface area contributed by atoms with E-state index in [1.165, 1.54) is 11.8 Å². The normalized spacial score (nSPS) is 11.6. The third kappa shape index (κ3) is 4.61. The number of carbonyl (C=O) groups is 1. The Hall–Kier alpha value is -3.45. The van der Waals surface area contributed by atoms with Gasteiger partial charge in [0, 0.05) is 29.7 Å². The molecule has 13 heteroatoms. The van der Waals surface area contributed by atoms with E-state index in [1.807, 2.05) is 11.0 Å². The SMILES string of the molecule is CCCS(=O)(=O)Nc1c(F)ccc(C(=O)c2n[nH]c3ncc(-c4cnc(SC)nc4)cc23)c1F. The number of nitrogens with zero attached hydrogens (tertiary/aromatic N) is 4. The van der Waals surface area contributed by atoms with E-state index in [-0.39, 0.29) is 23.5 Å². The van der Waals surface area contributed by atoms with Gasteiger partial charge in [-0.25, -0.2) is 32.2 Å². The molecule has 9 nitrogen and oxygen atoms in total. The smallest absolute Gasteiger partial charge is 0.232 e. The Kier molecular flexibility index (Phi) is 6.57. The number of thioether (sulfide) groups is 1. The minimum absolute atomic E-state index is 0.154. The molecule has 0 aliphatic heterocycles. The van der Waals surface area contributed by atoms with Crippen LogP contribution in [0.4, 0.5) is 14.5 Å². The number of aromatic nitrogens is 5. The molecule has 0 aliphatic carbocycles. The highest BCUT2D eigenvalue weighted by Crippen LogP contribution is 2.28. The number of nitrogens with one attached hydrogen (secondary N) is 2. The second-order valence-electron chi connectivity index (χ2n) is 7.18. The number of sulfonamides is 1. The molecule has 0 spiro atoms. The van der Waals surface area contributed by atoms with E-state index in [1.54, 1.807) is 31.6 Å². The zero-order valence-electron chi connectivity index (χ0n) is 18.0. The van der Waals surface area contributed by atoms with Crippen LogP contribution < -0.4 is 4.72 Å². The number of pyridine rings is 1. The molecular weight excluding hydrogens is 486 g/mol. The van der Waals surface area contributed by atoms with Gasteiger partial charge < -0.3 is 0 Å². The number of aromatic amines is 1. The molecule has 0 unspecified atom stereocenters. The number of rotatable bonds is 8. The molecular formula is C21H18F2N6O3S2. The Labute approximate surface area is 197 Å². The molecule has 0 aliphatic rings. The van der Waals surface area contributed by atoms with Crippen LogP contribution in [-0.4, -0.2) is 51.4 Å².